The minimum absolute atomic E-state index is 0.0930. The third-order valence-electron chi connectivity index (χ3n) is 3.59. The van der Waals surface area contributed by atoms with Crippen molar-refractivity contribution in [1.29, 1.82) is 0 Å². The smallest absolute Gasteiger partial charge is 0.0736 e. The molecule has 3 heteroatoms. The first-order chi connectivity index (χ1) is 5.76. The molecule has 0 saturated carbocycles. The molecule has 2 N–H and O–H groups in total. The van der Waals surface area contributed by atoms with E-state index in [9.17, 15) is 5.11 Å². The van der Waals surface area contributed by atoms with Crippen molar-refractivity contribution in [3.05, 3.63) is 0 Å². The number of rotatable bonds is 0. The molecule has 2 saturated heterocycles. The fourth-order valence-electron chi connectivity index (χ4n) is 2.64. The van der Waals surface area contributed by atoms with Crippen LogP contribution in [0.5, 0.6) is 0 Å². The van der Waals surface area contributed by atoms with Gasteiger partial charge in [0.15, 0.2) is 0 Å². The van der Waals surface area contributed by atoms with E-state index >= 15 is 0 Å². The third-order valence-corrected chi connectivity index (χ3v) is 3.59. The quantitative estimate of drug-likeness (QED) is 0.529. The monoisotopic (exact) mass is 170 g/mol. The Balaban J connectivity index is 2.14. The van der Waals surface area contributed by atoms with Crippen LogP contribution in [0.2, 0.25) is 0 Å². The molecule has 1 unspecified atom stereocenters. The van der Waals surface area contributed by atoms with Gasteiger partial charge in [-0.3, -0.25) is 4.90 Å². The molecule has 0 aliphatic carbocycles. The highest BCUT2D eigenvalue weighted by atomic mass is 16.3. The van der Waals surface area contributed by atoms with Crippen LogP contribution in [-0.2, 0) is 0 Å². The Morgan fingerprint density at radius 3 is 2.58 bits per heavy atom. The summed E-state index contributed by atoms with van der Waals surface area (Å²) < 4.78 is 0. The summed E-state index contributed by atoms with van der Waals surface area (Å²) in [6, 6.07) is 0. The van der Waals surface area contributed by atoms with E-state index in [2.05, 4.69) is 17.3 Å². The maximum Gasteiger partial charge on any atom is 0.0736 e. The van der Waals surface area contributed by atoms with Crippen LogP contribution < -0.4 is 5.32 Å². The number of aliphatic hydroxyl groups excluding tert-OH is 1. The number of nitrogens with one attached hydrogen (secondary N) is 1. The van der Waals surface area contributed by atoms with Crippen LogP contribution in [0.25, 0.3) is 0 Å². The molecule has 0 amide bonds. The third kappa shape index (κ3) is 1.08. The molecule has 2 rings (SSSR count). The highest BCUT2D eigenvalue weighted by Gasteiger charge is 2.46. The molecular weight excluding hydrogens is 152 g/mol. The van der Waals surface area contributed by atoms with Crippen molar-refractivity contribution in [1.82, 2.24) is 10.2 Å². The highest BCUT2D eigenvalue weighted by Crippen LogP contribution is 2.35. The maximum atomic E-state index is 9.91. The SMILES string of the molecule is CN1CCC(O)C12CCNCC2. The average molecular weight is 170 g/mol. The largest absolute Gasteiger partial charge is 0.391 e. The minimum Gasteiger partial charge on any atom is -0.391 e. The van der Waals surface area contributed by atoms with Crippen molar-refractivity contribution >= 4 is 0 Å². The van der Waals surface area contributed by atoms with Crippen molar-refractivity contribution in [3.8, 4) is 0 Å². The van der Waals surface area contributed by atoms with Crippen LogP contribution in [0, 0.1) is 0 Å². The molecule has 2 fully saturated rings. The minimum atomic E-state index is -0.0930. The van der Waals surface area contributed by atoms with Gasteiger partial charge in [-0.2, -0.15) is 0 Å². The average Bonchev–Trinajstić information content (AvgIpc) is 2.36. The molecule has 0 aromatic carbocycles. The number of nitrogens with zero attached hydrogens (tertiary/aromatic N) is 1. The van der Waals surface area contributed by atoms with Crippen LogP contribution in [0.4, 0.5) is 0 Å². The van der Waals surface area contributed by atoms with Crippen LogP contribution in [0.1, 0.15) is 19.3 Å². The van der Waals surface area contributed by atoms with Crippen molar-refractivity contribution < 1.29 is 5.11 Å². The molecule has 0 radical (unpaired) electrons. The Morgan fingerprint density at radius 1 is 1.42 bits per heavy atom. The van der Waals surface area contributed by atoms with E-state index in [4.69, 9.17) is 0 Å². The first-order valence-electron chi connectivity index (χ1n) is 4.86. The van der Waals surface area contributed by atoms with Gasteiger partial charge in [-0.05, 0) is 39.4 Å². The molecule has 0 bridgehead atoms. The molecule has 2 aliphatic heterocycles. The first kappa shape index (κ1) is 8.48. The van der Waals surface area contributed by atoms with Crippen molar-refractivity contribution in [3.63, 3.8) is 0 Å². The molecular formula is C9H18N2O. The Kier molecular flexibility index (Phi) is 2.10. The van der Waals surface area contributed by atoms with Gasteiger partial charge in [-0.1, -0.05) is 0 Å². The summed E-state index contributed by atoms with van der Waals surface area (Å²) in [5.74, 6) is 0. The molecule has 3 nitrogen and oxygen atoms in total. The van der Waals surface area contributed by atoms with Gasteiger partial charge in [-0.15, -0.1) is 0 Å². The van der Waals surface area contributed by atoms with E-state index in [1.807, 2.05) is 0 Å². The molecule has 2 heterocycles. The van der Waals surface area contributed by atoms with Gasteiger partial charge in [-0.25, -0.2) is 0 Å². The number of hydrogen-bond donors (Lipinski definition) is 2. The fourth-order valence-corrected chi connectivity index (χ4v) is 2.64. The topological polar surface area (TPSA) is 35.5 Å². The molecule has 12 heavy (non-hydrogen) atoms. The summed E-state index contributed by atoms with van der Waals surface area (Å²) in [7, 11) is 2.14. The number of piperidine rings is 1. The zero-order valence-corrected chi connectivity index (χ0v) is 7.71. The van der Waals surface area contributed by atoms with Crippen LogP contribution in [0.3, 0.4) is 0 Å². The lowest BCUT2D eigenvalue weighted by molar-refractivity contribution is 0.0171. The van der Waals surface area contributed by atoms with Gasteiger partial charge in [0.1, 0.15) is 0 Å². The predicted octanol–water partition coefficient (Wildman–Crippen LogP) is -0.195. The molecule has 2 aliphatic rings. The standard InChI is InChI=1S/C9H18N2O/c1-11-7-2-8(12)9(11)3-5-10-6-4-9/h8,10,12H,2-7H2,1H3. The lowest BCUT2D eigenvalue weighted by Crippen LogP contribution is -2.54. The molecule has 1 spiro atoms. The zero-order valence-electron chi connectivity index (χ0n) is 7.71. The molecule has 0 aromatic rings. The second-order valence-corrected chi connectivity index (χ2v) is 4.08. The Morgan fingerprint density at radius 2 is 2.08 bits per heavy atom. The molecule has 70 valence electrons. The van der Waals surface area contributed by atoms with Crippen molar-refractivity contribution in [2.45, 2.75) is 30.9 Å². The number of aliphatic hydroxyl groups is 1. The lowest BCUT2D eigenvalue weighted by Gasteiger charge is -2.42. The van der Waals surface area contributed by atoms with Crippen LogP contribution in [0.15, 0.2) is 0 Å². The Hall–Kier alpha value is -0.120. The lowest BCUT2D eigenvalue weighted by atomic mass is 9.84. The van der Waals surface area contributed by atoms with Crippen molar-refractivity contribution in [2.24, 2.45) is 0 Å². The molecule has 0 aromatic heterocycles. The second kappa shape index (κ2) is 2.98. The number of likely N-dealkylation sites (tertiary alicyclic amines) is 1. The molecule has 1 atom stereocenters. The summed E-state index contributed by atoms with van der Waals surface area (Å²) in [4.78, 5) is 2.35. The summed E-state index contributed by atoms with van der Waals surface area (Å²) in [5.41, 5.74) is 0.116. The van der Waals surface area contributed by atoms with Gasteiger partial charge in [0.2, 0.25) is 0 Å². The van der Waals surface area contributed by atoms with E-state index in [0.29, 0.717) is 0 Å². The Labute approximate surface area is 73.8 Å². The summed E-state index contributed by atoms with van der Waals surface area (Å²) in [6.07, 6.45) is 3.07. The van der Waals surface area contributed by atoms with Gasteiger partial charge >= 0.3 is 0 Å². The maximum absolute atomic E-state index is 9.91. The van der Waals surface area contributed by atoms with Gasteiger partial charge in [0, 0.05) is 12.1 Å². The zero-order chi connectivity index (χ0) is 8.60. The summed E-state index contributed by atoms with van der Waals surface area (Å²) in [5, 5.41) is 13.2. The van der Waals surface area contributed by atoms with Gasteiger partial charge in [0.25, 0.3) is 0 Å². The normalized spacial score (nSPS) is 36.0. The van der Waals surface area contributed by atoms with Crippen LogP contribution in [-0.4, -0.2) is 48.3 Å². The van der Waals surface area contributed by atoms with Crippen LogP contribution >= 0.6 is 0 Å². The Bertz CT molecular complexity index is 154. The van der Waals surface area contributed by atoms with E-state index in [1.165, 1.54) is 0 Å². The fraction of sp³-hybridized carbons (Fsp3) is 1.00. The predicted molar refractivity (Wildman–Crippen MR) is 48.1 cm³/mol. The first-order valence-corrected chi connectivity index (χ1v) is 4.86. The number of likely N-dealkylation sites (N-methyl/N-ethyl adjacent to an activating group) is 1. The van der Waals surface area contributed by atoms with E-state index in [-0.39, 0.29) is 11.6 Å². The van der Waals surface area contributed by atoms with E-state index in [0.717, 1.165) is 38.9 Å². The summed E-state index contributed by atoms with van der Waals surface area (Å²) >= 11 is 0. The van der Waals surface area contributed by atoms with E-state index < -0.39 is 0 Å². The number of hydrogen-bond acceptors (Lipinski definition) is 3. The van der Waals surface area contributed by atoms with Gasteiger partial charge < -0.3 is 10.4 Å². The summed E-state index contributed by atoms with van der Waals surface area (Å²) in [6.45, 7) is 3.17. The van der Waals surface area contributed by atoms with Gasteiger partial charge in [0.05, 0.1) is 6.10 Å². The highest BCUT2D eigenvalue weighted by molar-refractivity contribution is 5.03. The second-order valence-electron chi connectivity index (χ2n) is 4.08. The van der Waals surface area contributed by atoms with Crippen molar-refractivity contribution in [2.75, 3.05) is 26.7 Å². The van der Waals surface area contributed by atoms with E-state index in [1.54, 1.807) is 0 Å².